The highest BCUT2D eigenvalue weighted by Crippen LogP contribution is 2.12. The minimum Gasteiger partial charge on any atom is -0.375 e. The maximum absolute atomic E-state index is 11.7. The van der Waals surface area contributed by atoms with Gasteiger partial charge < -0.3 is 15.6 Å². The number of carbonyl (C=O) groups is 1. The number of hydrogen-bond acceptors (Lipinski definition) is 7. The van der Waals surface area contributed by atoms with Gasteiger partial charge >= 0.3 is 0 Å². The molecule has 20 heavy (non-hydrogen) atoms. The van der Waals surface area contributed by atoms with Crippen molar-refractivity contribution in [1.82, 2.24) is 20.4 Å². The van der Waals surface area contributed by atoms with Gasteiger partial charge in [-0.25, -0.2) is 4.98 Å². The molecular weight excluding hydrogens is 278 g/mol. The number of anilines is 1. The van der Waals surface area contributed by atoms with Gasteiger partial charge in [-0.1, -0.05) is 19.0 Å². The maximum Gasteiger partial charge on any atom is 0.229 e. The van der Waals surface area contributed by atoms with Crippen molar-refractivity contribution in [2.75, 3.05) is 5.73 Å². The molecule has 0 saturated heterocycles. The number of thiazole rings is 1. The van der Waals surface area contributed by atoms with Gasteiger partial charge in [-0.3, -0.25) is 4.79 Å². The highest BCUT2D eigenvalue weighted by Gasteiger charge is 2.11. The van der Waals surface area contributed by atoms with Crippen LogP contribution in [-0.4, -0.2) is 21.0 Å². The number of nitrogen functional groups attached to an aromatic ring is 1. The molecule has 0 aliphatic heterocycles. The van der Waals surface area contributed by atoms with Crippen molar-refractivity contribution in [1.29, 1.82) is 0 Å². The van der Waals surface area contributed by atoms with Gasteiger partial charge in [-0.05, 0) is 6.42 Å². The van der Waals surface area contributed by atoms with E-state index in [0.29, 0.717) is 29.7 Å². The average molecular weight is 295 g/mol. The largest absolute Gasteiger partial charge is 0.375 e. The lowest BCUT2D eigenvalue weighted by atomic mass is 10.2. The molecule has 0 aliphatic rings. The van der Waals surface area contributed by atoms with E-state index in [9.17, 15) is 4.79 Å². The van der Waals surface area contributed by atoms with E-state index in [0.717, 1.165) is 5.69 Å². The SMILES string of the molecule is CC(C)c1nc(CNC(=O)CCc2csc(N)n2)no1. The van der Waals surface area contributed by atoms with E-state index in [2.05, 4.69) is 20.4 Å². The molecular formula is C12H17N5O2S. The molecule has 1 amide bonds. The summed E-state index contributed by atoms with van der Waals surface area (Å²) in [5.41, 5.74) is 6.36. The topological polar surface area (TPSA) is 107 Å². The van der Waals surface area contributed by atoms with Crippen LogP contribution < -0.4 is 11.1 Å². The number of nitrogens with one attached hydrogen (secondary N) is 1. The Morgan fingerprint density at radius 3 is 2.90 bits per heavy atom. The summed E-state index contributed by atoms with van der Waals surface area (Å²) in [5.74, 6) is 1.17. The first-order valence-corrected chi connectivity index (χ1v) is 7.21. The predicted molar refractivity (Wildman–Crippen MR) is 75.1 cm³/mol. The number of nitrogens with zero attached hydrogens (tertiary/aromatic N) is 3. The number of aromatic nitrogens is 3. The van der Waals surface area contributed by atoms with Crippen LogP contribution in [-0.2, 0) is 17.8 Å². The molecule has 0 saturated carbocycles. The van der Waals surface area contributed by atoms with Crippen molar-refractivity contribution in [3.05, 3.63) is 22.8 Å². The van der Waals surface area contributed by atoms with Gasteiger partial charge in [-0.15, -0.1) is 11.3 Å². The minimum absolute atomic E-state index is 0.0764. The summed E-state index contributed by atoms with van der Waals surface area (Å²) in [6, 6.07) is 0. The van der Waals surface area contributed by atoms with Gasteiger partial charge in [0.15, 0.2) is 11.0 Å². The third kappa shape index (κ3) is 4.02. The van der Waals surface area contributed by atoms with Crippen LogP contribution in [0.1, 0.15) is 43.6 Å². The van der Waals surface area contributed by atoms with Gasteiger partial charge in [0.1, 0.15) is 0 Å². The number of hydrogen-bond donors (Lipinski definition) is 2. The summed E-state index contributed by atoms with van der Waals surface area (Å²) < 4.78 is 5.06. The van der Waals surface area contributed by atoms with Crippen LogP contribution in [0.5, 0.6) is 0 Å². The lowest BCUT2D eigenvalue weighted by molar-refractivity contribution is -0.121. The number of carbonyl (C=O) groups excluding carboxylic acids is 1. The molecule has 2 aromatic heterocycles. The van der Waals surface area contributed by atoms with E-state index in [4.69, 9.17) is 10.3 Å². The van der Waals surface area contributed by atoms with Crippen LogP contribution >= 0.6 is 11.3 Å². The highest BCUT2D eigenvalue weighted by atomic mass is 32.1. The molecule has 108 valence electrons. The lowest BCUT2D eigenvalue weighted by Gasteiger charge is -2.00. The van der Waals surface area contributed by atoms with Crippen LogP contribution in [0, 0.1) is 0 Å². The van der Waals surface area contributed by atoms with Crippen LogP contribution in [0.2, 0.25) is 0 Å². The van der Waals surface area contributed by atoms with Gasteiger partial charge in [0, 0.05) is 17.7 Å². The van der Waals surface area contributed by atoms with Crippen molar-refractivity contribution >= 4 is 22.4 Å². The van der Waals surface area contributed by atoms with Crippen molar-refractivity contribution in [2.45, 2.75) is 39.2 Å². The summed E-state index contributed by atoms with van der Waals surface area (Å²) in [7, 11) is 0. The smallest absolute Gasteiger partial charge is 0.229 e. The van der Waals surface area contributed by atoms with E-state index in [1.54, 1.807) is 0 Å². The van der Waals surface area contributed by atoms with Crippen molar-refractivity contribution < 1.29 is 9.32 Å². The third-order valence-corrected chi connectivity index (χ3v) is 3.32. The molecule has 2 rings (SSSR count). The van der Waals surface area contributed by atoms with E-state index in [-0.39, 0.29) is 18.4 Å². The molecule has 0 fully saturated rings. The Kier molecular flexibility index (Phi) is 4.67. The molecule has 0 unspecified atom stereocenters. The maximum atomic E-state index is 11.7. The third-order valence-electron chi connectivity index (χ3n) is 2.60. The summed E-state index contributed by atoms with van der Waals surface area (Å²) in [4.78, 5) is 20.0. The summed E-state index contributed by atoms with van der Waals surface area (Å²) in [6.45, 7) is 4.21. The standard InChI is InChI=1S/C12H17N5O2S/c1-7(2)11-16-9(17-19-11)5-14-10(18)4-3-8-6-20-12(13)15-8/h6-7H,3-5H2,1-2H3,(H2,13,15)(H,14,18). The minimum atomic E-state index is -0.0764. The zero-order chi connectivity index (χ0) is 14.5. The van der Waals surface area contributed by atoms with Gasteiger partial charge in [-0.2, -0.15) is 4.98 Å². The molecule has 0 aromatic carbocycles. The van der Waals surface area contributed by atoms with Crippen molar-refractivity contribution in [3.8, 4) is 0 Å². The number of nitrogens with two attached hydrogens (primary N) is 1. The fraction of sp³-hybridized carbons (Fsp3) is 0.500. The molecule has 0 aliphatic carbocycles. The zero-order valence-electron chi connectivity index (χ0n) is 11.4. The van der Waals surface area contributed by atoms with E-state index in [1.807, 2.05) is 19.2 Å². The predicted octanol–water partition coefficient (Wildman–Crippen LogP) is 1.48. The van der Waals surface area contributed by atoms with E-state index < -0.39 is 0 Å². The van der Waals surface area contributed by atoms with Crippen molar-refractivity contribution in [3.63, 3.8) is 0 Å². The summed E-state index contributed by atoms with van der Waals surface area (Å²) >= 11 is 1.37. The summed E-state index contributed by atoms with van der Waals surface area (Å²) in [6.07, 6.45) is 0.932. The number of aryl methyl sites for hydroxylation is 1. The molecule has 0 spiro atoms. The second-order valence-electron chi connectivity index (χ2n) is 4.66. The molecule has 3 N–H and O–H groups in total. The monoisotopic (exact) mass is 295 g/mol. The van der Waals surface area contributed by atoms with Crippen LogP contribution in [0.15, 0.2) is 9.90 Å². The molecule has 2 heterocycles. The van der Waals surface area contributed by atoms with Crippen LogP contribution in [0.25, 0.3) is 0 Å². The number of rotatable bonds is 6. The van der Waals surface area contributed by atoms with Gasteiger partial charge in [0.05, 0.1) is 12.2 Å². The summed E-state index contributed by atoms with van der Waals surface area (Å²) in [5, 5.41) is 8.93. The second-order valence-corrected chi connectivity index (χ2v) is 5.55. The first-order valence-electron chi connectivity index (χ1n) is 6.33. The first kappa shape index (κ1) is 14.4. The Labute approximate surface area is 120 Å². The van der Waals surface area contributed by atoms with Crippen LogP contribution in [0.3, 0.4) is 0 Å². The molecule has 2 aromatic rings. The normalized spacial score (nSPS) is 10.9. The van der Waals surface area contributed by atoms with E-state index in [1.165, 1.54) is 11.3 Å². The van der Waals surface area contributed by atoms with Gasteiger partial charge in [0.25, 0.3) is 0 Å². The molecule has 0 atom stereocenters. The second kappa shape index (κ2) is 6.47. The fourth-order valence-corrected chi connectivity index (χ4v) is 2.12. The molecule has 7 nitrogen and oxygen atoms in total. The zero-order valence-corrected chi connectivity index (χ0v) is 12.2. The Morgan fingerprint density at radius 1 is 1.50 bits per heavy atom. The average Bonchev–Trinajstić information content (AvgIpc) is 3.03. The molecule has 0 bridgehead atoms. The Bertz CT molecular complexity index is 578. The Morgan fingerprint density at radius 2 is 2.30 bits per heavy atom. The lowest BCUT2D eigenvalue weighted by Crippen LogP contribution is -2.23. The highest BCUT2D eigenvalue weighted by molar-refractivity contribution is 7.13. The molecule has 0 radical (unpaired) electrons. The quantitative estimate of drug-likeness (QED) is 0.836. The molecule has 8 heteroatoms. The number of amides is 1. The first-order chi connectivity index (χ1) is 9.54. The van der Waals surface area contributed by atoms with Crippen molar-refractivity contribution in [2.24, 2.45) is 0 Å². The Hall–Kier alpha value is -1.96. The van der Waals surface area contributed by atoms with Gasteiger partial charge in [0.2, 0.25) is 11.8 Å². The Balaban J connectivity index is 1.74. The van der Waals surface area contributed by atoms with E-state index >= 15 is 0 Å². The fourth-order valence-electron chi connectivity index (χ4n) is 1.52. The van der Waals surface area contributed by atoms with Crippen LogP contribution in [0.4, 0.5) is 5.13 Å².